The number of hydrogen-bond acceptors (Lipinski definition) is 1. The molecule has 0 radical (unpaired) electrons. The minimum Gasteiger partial charge on any atom is -0.313 e. The average Bonchev–Trinajstić information content (AvgIpc) is 2.33. The lowest BCUT2D eigenvalue weighted by Crippen LogP contribution is -2.38. The Bertz CT molecular complexity index is 275. The first kappa shape index (κ1) is 10.7. The second-order valence-corrected chi connectivity index (χ2v) is 4.48. The van der Waals surface area contributed by atoms with Crippen molar-refractivity contribution in [1.29, 1.82) is 0 Å². The van der Waals surface area contributed by atoms with E-state index in [1.165, 1.54) is 37.8 Å². The Morgan fingerprint density at radius 3 is 2.67 bits per heavy atom. The second-order valence-electron chi connectivity index (χ2n) is 4.48. The zero-order valence-corrected chi connectivity index (χ0v) is 9.58. The first-order valence-corrected chi connectivity index (χ1v) is 6.20. The molecule has 1 heterocycles. The Kier molecular flexibility index (Phi) is 3.79. The molecule has 0 saturated carbocycles. The summed E-state index contributed by atoms with van der Waals surface area (Å²) in [6.45, 7) is 3.50. The maximum atomic E-state index is 3.67. The van der Waals surface area contributed by atoms with Crippen LogP contribution < -0.4 is 5.32 Å². The Hall–Kier alpha value is -0.820. The normalized spacial score (nSPS) is 23.7. The van der Waals surface area contributed by atoms with Gasteiger partial charge in [0.2, 0.25) is 0 Å². The number of benzene rings is 1. The van der Waals surface area contributed by atoms with E-state index >= 15 is 0 Å². The van der Waals surface area contributed by atoms with E-state index in [2.05, 4.69) is 42.6 Å². The molecule has 1 aliphatic rings. The van der Waals surface area contributed by atoms with Crippen molar-refractivity contribution in [1.82, 2.24) is 5.32 Å². The molecular weight excluding hydrogens is 182 g/mol. The summed E-state index contributed by atoms with van der Waals surface area (Å²) >= 11 is 0. The van der Waals surface area contributed by atoms with E-state index in [1.807, 2.05) is 0 Å². The van der Waals surface area contributed by atoms with Crippen molar-refractivity contribution in [3.8, 4) is 0 Å². The Balaban J connectivity index is 2.09. The minimum atomic E-state index is 0.700. The van der Waals surface area contributed by atoms with Gasteiger partial charge in [-0.1, -0.05) is 43.7 Å². The highest BCUT2D eigenvalue weighted by atomic mass is 14.9. The van der Waals surface area contributed by atoms with Crippen molar-refractivity contribution >= 4 is 0 Å². The Morgan fingerprint density at radius 1 is 1.27 bits per heavy atom. The summed E-state index contributed by atoms with van der Waals surface area (Å²) in [4.78, 5) is 0. The second kappa shape index (κ2) is 5.32. The molecule has 0 bridgehead atoms. The van der Waals surface area contributed by atoms with Crippen LogP contribution >= 0.6 is 0 Å². The molecule has 1 aromatic carbocycles. The molecule has 1 saturated heterocycles. The standard InChI is InChI=1S/C14H21N/c1-2-13(12-8-4-3-5-9-12)14-10-6-7-11-15-14/h3-5,8-9,13-15H,2,6-7,10-11H2,1H3/t13-,14+/m0/s1. The monoisotopic (exact) mass is 203 g/mol. The fourth-order valence-corrected chi connectivity index (χ4v) is 2.67. The molecule has 0 spiro atoms. The van der Waals surface area contributed by atoms with Gasteiger partial charge in [0.1, 0.15) is 0 Å². The van der Waals surface area contributed by atoms with Crippen molar-refractivity contribution in [3.63, 3.8) is 0 Å². The summed E-state index contributed by atoms with van der Waals surface area (Å²) < 4.78 is 0. The predicted molar refractivity (Wildman–Crippen MR) is 65.1 cm³/mol. The van der Waals surface area contributed by atoms with E-state index in [0.29, 0.717) is 12.0 Å². The van der Waals surface area contributed by atoms with Gasteiger partial charge in [-0.3, -0.25) is 0 Å². The summed E-state index contributed by atoms with van der Waals surface area (Å²) in [7, 11) is 0. The third kappa shape index (κ3) is 2.60. The molecule has 0 unspecified atom stereocenters. The smallest absolute Gasteiger partial charge is 0.0136 e. The lowest BCUT2D eigenvalue weighted by molar-refractivity contribution is 0.344. The van der Waals surface area contributed by atoms with E-state index in [9.17, 15) is 0 Å². The molecule has 0 aliphatic carbocycles. The predicted octanol–water partition coefficient (Wildman–Crippen LogP) is 3.32. The third-order valence-corrected chi connectivity index (χ3v) is 3.50. The lowest BCUT2D eigenvalue weighted by atomic mass is 9.85. The molecule has 15 heavy (non-hydrogen) atoms. The van der Waals surface area contributed by atoms with Gasteiger partial charge in [0.25, 0.3) is 0 Å². The zero-order valence-electron chi connectivity index (χ0n) is 9.58. The number of rotatable bonds is 3. The molecule has 1 aromatic rings. The highest BCUT2D eigenvalue weighted by Crippen LogP contribution is 2.27. The average molecular weight is 203 g/mol. The Labute approximate surface area is 92.9 Å². The van der Waals surface area contributed by atoms with E-state index in [1.54, 1.807) is 0 Å². The molecule has 1 fully saturated rings. The zero-order chi connectivity index (χ0) is 10.5. The van der Waals surface area contributed by atoms with Gasteiger partial charge in [-0.15, -0.1) is 0 Å². The molecule has 0 amide bonds. The number of piperidine rings is 1. The molecule has 82 valence electrons. The number of nitrogens with one attached hydrogen (secondary N) is 1. The summed E-state index contributed by atoms with van der Waals surface area (Å²) in [5.41, 5.74) is 1.50. The highest BCUT2D eigenvalue weighted by Gasteiger charge is 2.22. The summed E-state index contributed by atoms with van der Waals surface area (Å²) in [6.07, 6.45) is 5.32. The molecule has 1 heteroatoms. The van der Waals surface area contributed by atoms with Gasteiger partial charge in [-0.05, 0) is 37.3 Å². The van der Waals surface area contributed by atoms with Crippen molar-refractivity contribution in [3.05, 3.63) is 35.9 Å². The summed E-state index contributed by atoms with van der Waals surface area (Å²) in [5.74, 6) is 0.700. The van der Waals surface area contributed by atoms with Gasteiger partial charge < -0.3 is 5.32 Å². The maximum absolute atomic E-state index is 3.67. The van der Waals surface area contributed by atoms with Gasteiger partial charge in [0.05, 0.1) is 0 Å². The van der Waals surface area contributed by atoms with E-state index in [-0.39, 0.29) is 0 Å². The Morgan fingerprint density at radius 2 is 2.07 bits per heavy atom. The van der Waals surface area contributed by atoms with Crippen LogP contribution in [0.3, 0.4) is 0 Å². The van der Waals surface area contributed by atoms with Crippen LogP contribution in [0, 0.1) is 0 Å². The quantitative estimate of drug-likeness (QED) is 0.794. The fraction of sp³-hybridized carbons (Fsp3) is 0.571. The van der Waals surface area contributed by atoms with Crippen LogP contribution in [0.4, 0.5) is 0 Å². The van der Waals surface area contributed by atoms with E-state index in [4.69, 9.17) is 0 Å². The van der Waals surface area contributed by atoms with Gasteiger partial charge >= 0.3 is 0 Å². The van der Waals surface area contributed by atoms with Crippen LogP contribution in [0.1, 0.15) is 44.1 Å². The van der Waals surface area contributed by atoms with Crippen LogP contribution in [0.2, 0.25) is 0 Å². The SMILES string of the molecule is CC[C@@H](c1ccccc1)[C@H]1CCCCN1. The lowest BCUT2D eigenvalue weighted by Gasteiger charge is -2.31. The van der Waals surface area contributed by atoms with Crippen molar-refractivity contribution < 1.29 is 0 Å². The molecule has 1 nitrogen and oxygen atoms in total. The van der Waals surface area contributed by atoms with Crippen molar-refractivity contribution in [2.45, 2.75) is 44.6 Å². The van der Waals surface area contributed by atoms with Crippen LogP contribution in [0.25, 0.3) is 0 Å². The van der Waals surface area contributed by atoms with Gasteiger partial charge in [-0.25, -0.2) is 0 Å². The van der Waals surface area contributed by atoms with Crippen LogP contribution in [0.5, 0.6) is 0 Å². The van der Waals surface area contributed by atoms with Gasteiger partial charge in [-0.2, -0.15) is 0 Å². The summed E-state index contributed by atoms with van der Waals surface area (Å²) in [6, 6.07) is 11.6. The third-order valence-electron chi connectivity index (χ3n) is 3.50. The topological polar surface area (TPSA) is 12.0 Å². The largest absolute Gasteiger partial charge is 0.313 e. The molecule has 2 atom stereocenters. The molecular formula is C14H21N. The van der Waals surface area contributed by atoms with Crippen LogP contribution in [-0.2, 0) is 0 Å². The first-order valence-electron chi connectivity index (χ1n) is 6.20. The fourth-order valence-electron chi connectivity index (χ4n) is 2.67. The van der Waals surface area contributed by atoms with Crippen molar-refractivity contribution in [2.75, 3.05) is 6.54 Å². The molecule has 0 aromatic heterocycles. The minimum absolute atomic E-state index is 0.700. The maximum Gasteiger partial charge on any atom is 0.0136 e. The van der Waals surface area contributed by atoms with E-state index < -0.39 is 0 Å². The number of hydrogen-bond donors (Lipinski definition) is 1. The highest BCUT2D eigenvalue weighted by molar-refractivity contribution is 5.21. The summed E-state index contributed by atoms with van der Waals surface area (Å²) in [5, 5.41) is 3.67. The molecule has 1 N–H and O–H groups in total. The van der Waals surface area contributed by atoms with Gasteiger partial charge in [0, 0.05) is 6.04 Å². The molecule has 2 rings (SSSR count). The van der Waals surface area contributed by atoms with Crippen LogP contribution in [-0.4, -0.2) is 12.6 Å². The van der Waals surface area contributed by atoms with Gasteiger partial charge in [0.15, 0.2) is 0 Å². The first-order chi connectivity index (χ1) is 7.42. The van der Waals surface area contributed by atoms with Crippen LogP contribution in [0.15, 0.2) is 30.3 Å². The van der Waals surface area contributed by atoms with E-state index in [0.717, 1.165) is 0 Å². The van der Waals surface area contributed by atoms with Crippen molar-refractivity contribution in [2.24, 2.45) is 0 Å². The molecule has 1 aliphatic heterocycles.